The molecule has 0 radical (unpaired) electrons. The van der Waals surface area contributed by atoms with Crippen molar-refractivity contribution in [3.8, 4) is 0 Å². The van der Waals surface area contributed by atoms with Crippen molar-refractivity contribution in [1.29, 1.82) is 0 Å². The van der Waals surface area contributed by atoms with Gasteiger partial charge in [-0.3, -0.25) is 9.89 Å². The third-order valence-corrected chi connectivity index (χ3v) is 3.45. The third kappa shape index (κ3) is 3.07. The van der Waals surface area contributed by atoms with Crippen LogP contribution >= 0.6 is 0 Å². The van der Waals surface area contributed by atoms with Crippen molar-refractivity contribution >= 4 is 5.84 Å². The van der Waals surface area contributed by atoms with E-state index in [9.17, 15) is 0 Å². The van der Waals surface area contributed by atoms with Crippen molar-refractivity contribution < 1.29 is 0 Å². The molecule has 0 aromatic heterocycles. The molecule has 0 bridgehead atoms. The van der Waals surface area contributed by atoms with Crippen LogP contribution < -0.4 is 5.73 Å². The predicted octanol–water partition coefficient (Wildman–Crippen LogP) is 1.88. The predicted molar refractivity (Wildman–Crippen MR) is 72.3 cm³/mol. The maximum absolute atomic E-state index is 5.99. The highest BCUT2D eigenvalue weighted by Crippen LogP contribution is 2.16. The van der Waals surface area contributed by atoms with E-state index < -0.39 is 0 Å². The Labute approximate surface area is 103 Å². The minimum Gasteiger partial charge on any atom is -0.384 e. The lowest BCUT2D eigenvalue weighted by molar-refractivity contribution is 0.273. The van der Waals surface area contributed by atoms with Gasteiger partial charge in [0.25, 0.3) is 0 Å². The van der Waals surface area contributed by atoms with Crippen LogP contribution in [0.25, 0.3) is 0 Å². The summed E-state index contributed by atoms with van der Waals surface area (Å²) in [6.07, 6.45) is 2.54. The summed E-state index contributed by atoms with van der Waals surface area (Å²) in [7, 11) is 0. The van der Waals surface area contributed by atoms with Gasteiger partial charge in [0.05, 0.1) is 6.54 Å². The van der Waals surface area contributed by atoms with Crippen LogP contribution in [-0.4, -0.2) is 36.4 Å². The van der Waals surface area contributed by atoms with Gasteiger partial charge in [-0.25, -0.2) is 0 Å². The fraction of sp³-hybridized carbons (Fsp3) is 0.500. The van der Waals surface area contributed by atoms with Gasteiger partial charge in [-0.2, -0.15) is 0 Å². The molecule has 1 aromatic carbocycles. The van der Waals surface area contributed by atoms with Crippen LogP contribution in [0.1, 0.15) is 25.3 Å². The van der Waals surface area contributed by atoms with Crippen LogP contribution in [0.3, 0.4) is 0 Å². The molecule has 0 spiro atoms. The molecular weight excluding hydrogens is 210 g/mol. The number of amidine groups is 1. The fourth-order valence-electron chi connectivity index (χ4n) is 2.42. The molecule has 2 N–H and O–H groups in total. The summed E-state index contributed by atoms with van der Waals surface area (Å²) >= 11 is 0. The van der Waals surface area contributed by atoms with Gasteiger partial charge in [0.2, 0.25) is 0 Å². The Hall–Kier alpha value is -1.35. The zero-order chi connectivity index (χ0) is 12.1. The average molecular weight is 231 g/mol. The maximum Gasteiger partial charge on any atom is 0.125 e. The Kier molecular flexibility index (Phi) is 4.15. The molecule has 1 aliphatic heterocycles. The third-order valence-electron chi connectivity index (χ3n) is 3.45. The van der Waals surface area contributed by atoms with Gasteiger partial charge in [-0.15, -0.1) is 0 Å². The molecule has 1 heterocycles. The molecule has 3 heteroatoms. The summed E-state index contributed by atoms with van der Waals surface area (Å²) in [5, 5.41) is 0. The van der Waals surface area contributed by atoms with Gasteiger partial charge in [0.15, 0.2) is 0 Å². The van der Waals surface area contributed by atoms with Crippen LogP contribution in [0.4, 0.5) is 0 Å². The van der Waals surface area contributed by atoms with Gasteiger partial charge in [0.1, 0.15) is 5.84 Å². The van der Waals surface area contributed by atoms with E-state index in [2.05, 4.69) is 16.8 Å². The molecule has 1 fully saturated rings. The number of hydrogen-bond donors (Lipinski definition) is 1. The lowest BCUT2D eigenvalue weighted by Gasteiger charge is -2.20. The van der Waals surface area contributed by atoms with E-state index in [-0.39, 0.29) is 0 Å². The number of likely N-dealkylation sites (N-methyl/N-ethyl adjacent to an activating group) is 1. The number of aliphatic imine (C=N–C) groups is 1. The molecule has 1 unspecified atom stereocenters. The van der Waals surface area contributed by atoms with Crippen LogP contribution in [0.5, 0.6) is 0 Å². The Morgan fingerprint density at radius 1 is 1.41 bits per heavy atom. The smallest absolute Gasteiger partial charge is 0.125 e. The highest BCUT2D eigenvalue weighted by Gasteiger charge is 2.22. The minimum atomic E-state index is 0.585. The highest BCUT2D eigenvalue weighted by molar-refractivity contribution is 5.97. The first-order chi connectivity index (χ1) is 8.31. The molecule has 3 nitrogen and oxygen atoms in total. The highest BCUT2D eigenvalue weighted by atomic mass is 15.2. The molecule has 0 saturated carbocycles. The van der Waals surface area contributed by atoms with Crippen molar-refractivity contribution in [3.05, 3.63) is 35.9 Å². The molecule has 0 aliphatic carbocycles. The monoisotopic (exact) mass is 231 g/mol. The largest absolute Gasteiger partial charge is 0.384 e. The molecule has 1 aliphatic rings. The van der Waals surface area contributed by atoms with E-state index >= 15 is 0 Å². The number of rotatable bonds is 4. The fourth-order valence-corrected chi connectivity index (χ4v) is 2.42. The van der Waals surface area contributed by atoms with E-state index in [0.717, 1.165) is 18.7 Å². The number of benzene rings is 1. The number of nitrogens with zero attached hydrogens (tertiary/aromatic N) is 2. The quantitative estimate of drug-likeness (QED) is 0.635. The molecule has 1 saturated heterocycles. The summed E-state index contributed by atoms with van der Waals surface area (Å²) in [5.74, 6) is 0.661. The van der Waals surface area contributed by atoms with E-state index in [4.69, 9.17) is 5.73 Å². The van der Waals surface area contributed by atoms with Crippen molar-refractivity contribution in [2.45, 2.75) is 25.8 Å². The van der Waals surface area contributed by atoms with Crippen LogP contribution in [-0.2, 0) is 0 Å². The summed E-state index contributed by atoms with van der Waals surface area (Å²) in [4.78, 5) is 7.02. The van der Waals surface area contributed by atoms with Gasteiger partial charge in [0, 0.05) is 11.6 Å². The summed E-state index contributed by atoms with van der Waals surface area (Å²) < 4.78 is 0. The lowest BCUT2D eigenvalue weighted by atomic mass is 10.2. The van der Waals surface area contributed by atoms with E-state index in [1.165, 1.54) is 19.4 Å². The van der Waals surface area contributed by atoms with Crippen LogP contribution in [0.2, 0.25) is 0 Å². The molecule has 1 aromatic rings. The first kappa shape index (κ1) is 12.1. The van der Waals surface area contributed by atoms with Gasteiger partial charge in [-0.1, -0.05) is 37.3 Å². The summed E-state index contributed by atoms with van der Waals surface area (Å²) in [5.41, 5.74) is 7.01. The average Bonchev–Trinajstić information content (AvgIpc) is 2.84. The number of likely N-dealkylation sites (tertiary alicyclic amines) is 1. The van der Waals surface area contributed by atoms with Gasteiger partial charge < -0.3 is 5.73 Å². The second-order valence-corrected chi connectivity index (χ2v) is 4.52. The van der Waals surface area contributed by atoms with Crippen LogP contribution in [0.15, 0.2) is 35.3 Å². The molecule has 92 valence electrons. The molecular formula is C14H21N3. The Morgan fingerprint density at radius 3 is 2.88 bits per heavy atom. The Bertz CT molecular complexity index is 372. The van der Waals surface area contributed by atoms with Gasteiger partial charge in [-0.05, 0) is 25.9 Å². The zero-order valence-electron chi connectivity index (χ0n) is 10.5. The number of hydrogen-bond acceptors (Lipinski definition) is 2. The van der Waals surface area contributed by atoms with Crippen molar-refractivity contribution in [1.82, 2.24) is 4.90 Å². The van der Waals surface area contributed by atoms with E-state index in [1.54, 1.807) is 0 Å². The standard InChI is InChI=1S/C14H21N3/c1-2-17-10-6-9-13(17)11-16-14(15)12-7-4-3-5-8-12/h3-5,7-8,13H,2,6,9-11H2,1H3,(H2,15,16). The summed E-state index contributed by atoms with van der Waals surface area (Å²) in [6, 6.07) is 10.6. The maximum atomic E-state index is 5.99. The Balaban J connectivity index is 1.96. The second kappa shape index (κ2) is 5.82. The SMILES string of the molecule is CCN1CCCC1CN=C(N)c1ccccc1. The van der Waals surface area contributed by atoms with E-state index in [0.29, 0.717) is 11.9 Å². The molecule has 0 amide bonds. The Morgan fingerprint density at radius 2 is 2.18 bits per heavy atom. The topological polar surface area (TPSA) is 41.6 Å². The zero-order valence-corrected chi connectivity index (χ0v) is 10.5. The molecule has 1 atom stereocenters. The van der Waals surface area contributed by atoms with Crippen molar-refractivity contribution in [2.75, 3.05) is 19.6 Å². The first-order valence-corrected chi connectivity index (χ1v) is 6.40. The van der Waals surface area contributed by atoms with Crippen molar-refractivity contribution in [3.63, 3.8) is 0 Å². The number of nitrogens with two attached hydrogens (primary N) is 1. The molecule has 17 heavy (non-hydrogen) atoms. The van der Waals surface area contributed by atoms with Gasteiger partial charge >= 0.3 is 0 Å². The minimum absolute atomic E-state index is 0.585. The normalized spacial score (nSPS) is 21.9. The molecule has 2 rings (SSSR count). The second-order valence-electron chi connectivity index (χ2n) is 4.52. The lowest BCUT2D eigenvalue weighted by Crippen LogP contribution is -2.32. The summed E-state index contributed by atoms with van der Waals surface area (Å²) in [6.45, 7) is 5.37. The van der Waals surface area contributed by atoms with E-state index in [1.807, 2.05) is 30.3 Å². The first-order valence-electron chi connectivity index (χ1n) is 6.40. The van der Waals surface area contributed by atoms with Crippen LogP contribution in [0, 0.1) is 0 Å². The van der Waals surface area contributed by atoms with Crippen molar-refractivity contribution in [2.24, 2.45) is 10.7 Å².